The number of aromatic nitrogens is 5. The lowest BCUT2D eigenvalue weighted by molar-refractivity contribution is 0.476. The fourth-order valence-corrected chi connectivity index (χ4v) is 1.97. The van der Waals surface area contributed by atoms with E-state index in [4.69, 9.17) is 0 Å². The van der Waals surface area contributed by atoms with Gasteiger partial charge in [-0.3, -0.25) is 4.79 Å². The van der Waals surface area contributed by atoms with Crippen LogP contribution in [-0.4, -0.2) is 29.7 Å². The zero-order valence-electron chi connectivity index (χ0n) is 10.4. The Bertz CT molecular complexity index is 834. The van der Waals surface area contributed by atoms with Crippen molar-refractivity contribution >= 4 is 10.8 Å². The second kappa shape index (κ2) is 3.91. The van der Waals surface area contributed by atoms with E-state index in [1.807, 2.05) is 0 Å². The highest BCUT2D eigenvalue weighted by Crippen LogP contribution is 2.16. The van der Waals surface area contributed by atoms with Crippen molar-refractivity contribution in [1.29, 1.82) is 0 Å². The molecule has 7 nitrogen and oxygen atoms in total. The molecule has 3 rings (SSSR count). The molecule has 0 bridgehead atoms. The Hall–Kier alpha value is -2.70. The third-order valence-electron chi connectivity index (χ3n) is 2.81. The van der Waals surface area contributed by atoms with Gasteiger partial charge in [-0.2, -0.15) is 19.9 Å². The summed E-state index contributed by atoms with van der Waals surface area (Å²) >= 11 is 0. The van der Waals surface area contributed by atoms with Gasteiger partial charge in [0.15, 0.2) is 0 Å². The third kappa shape index (κ3) is 1.75. The van der Waals surface area contributed by atoms with Gasteiger partial charge in [-0.15, -0.1) is 0 Å². The van der Waals surface area contributed by atoms with Crippen molar-refractivity contribution in [2.24, 2.45) is 7.05 Å². The minimum absolute atomic E-state index is 0.0981. The lowest BCUT2D eigenvalue weighted by atomic mass is 10.2. The van der Waals surface area contributed by atoms with E-state index in [-0.39, 0.29) is 11.3 Å². The number of aromatic hydroxyl groups is 1. The van der Waals surface area contributed by atoms with Crippen LogP contribution in [0.5, 0.6) is 5.75 Å². The quantitative estimate of drug-likeness (QED) is 0.687. The summed E-state index contributed by atoms with van der Waals surface area (Å²) in [5.41, 5.74) is -0.298. The van der Waals surface area contributed by atoms with Crippen LogP contribution in [-0.2, 0) is 7.05 Å². The molecule has 0 spiro atoms. The van der Waals surface area contributed by atoms with Crippen molar-refractivity contribution in [2.75, 3.05) is 0 Å². The number of hydrogen-bond donors (Lipinski definition) is 1. The monoisotopic (exact) mass is 257 g/mol. The molecule has 0 aliphatic heterocycles. The largest absolute Gasteiger partial charge is 0.508 e. The van der Waals surface area contributed by atoms with Crippen LogP contribution in [0.1, 0.15) is 5.82 Å². The molecule has 96 valence electrons. The number of benzene rings is 1. The average molecular weight is 257 g/mol. The third-order valence-corrected chi connectivity index (χ3v) is 2.81. The van der Waals surface area contributed by atoms with Gasteiger partial charge in [0.05, 0.1) is 11.6 Å². The summed E-state index contributed by atoms with van der Waals surface area (Å²) in [4.78, 5) is 16.5. The predicted octanol–water partition coefficient (Wildman–Crippen LogP) is 0.528. The summed E-state index contributed by atoms with van der Waals surface area (Å²) in [6.45, 7) is 1.74. The van der Waals surface area contributed by atoms with E-state index in [0.29, 0.717) is 22.5 Å². The molecule has 0 unspecified atom stereocenters. The Kier molecular flexibility index (Phi) is 2.34. The topological polar surface area (TPSA) is 85.8 Å². The Labute approximate surface area is 107 Å². The predicted molar refractivity (Wildman–Crippen MR) is 68.3 cm³/mol. The summed E-state index contributed by atoms with van der Waals surface area (Å²) in [5, 5.41) is 18.6. The lowest BCUT2D eigenvalue weighted by Crippen LogP contribution is -2.23. The molecule has 1 aromatic carbocycles. The smallest absolute Gasteiger partial charge is 0.282 e. The average Bonchev–Trinajstić information content (AvgIpc) is 2.68. The fourth-order valence-electron chi connectivity index (χ4n) is 1.97. The van der Waals surface area contributed by atoms with Gasteiger partial charge in [-0.25, -0.2) is 4.68 Å². The van der Waals surface area contributed by atoms with Crippen molar-refractivity contribution < 1.29 is 5.11 Å². The maximum Gasteiger partial charge on any atom is 0.282 e. The Morgan fingerprint density at radius 1 is 1.32 bits per heavy atom. The number of hydrogen-bond acceptors (Lipinski definition) is 5. The number of nitrogens with zero attached hydrogens (tertiary/aromatic N) is 5. The number of fused-ring (bicyclic) bond motifs is 1. The van der Waals surface area contributed by atoms with Gasteiger partial charge in [0, 0.05) is 12.4 Å². The first-order valence-corrected chi connectivity index (χ1v) is 5.65. The summed E-state index contributed by atoms with van der Waals surface area (Å²) < 4.78 is 2.69. The normalized spacial score (nSPS) is 11.1. The van der Waals surface area contributed by atoms with Gasteiger partial charge in [0.25, 0.3) is 11.5 Å². The van der Waals surface area contributed by atoms with Crippen LogP contribution in [0.2, 0.25) is 0 Å². The minimum atomic E-state index is -0.298. The molecule has 0 atom stereocenters. The molecule has 0 aliphatic rings. The van der Waals surface area contributed by atoms with Gasteiger partial charge in [-0.05, 0) is 25.1 Å². The molecule has 0 radical (unpaired) electrons. The minimum Gasteiger partial charge on any atom is -0.508 e. The van der Waals surface area contributed by atoms with Gasteiger partial charge < -0.3 is 5.11 Å². The molecular formula is C12H11N5O2. The number of aryl methyl sites for hydroxylation is 2. The first-order chi connectivity index (χ1) is 9.06. The summed E-state index contributed by atoms with van der Waals surface area (Å²) in [5.74, 6) is 1.02. The maximum atomic E-state index is 12.3. The van der Waals surface area contributed by atoms with Crippen LogP contribution in [0.3, 0.4) is 0 Å². The van der Waals surface area contributed by atoms with Crippen LogP contribution in [0.25, 0.3) is 16.7 Å². The molecule has 1 N–H and O–H groups in total. The number of phenols is 1. The first kappa shape index (κ1) is 11.4. The molecule has 7 heteroatoms. The van der Waals surface area contributed by atoms with E-state index >= 15 is 0 Å². The highest BCUT2D eigenvalue weighted by atomic mass is 16.3. The standard InChI is InChI=1S/C12H11N5O2/c1-7-14-12(16(2)15-7)17-11(19)10-4-3-9(18)5-8(10)6-13-17/h3-6,18H,1-2H3. The highest BCUT2D eigenvalue weighted by Gasteiger charge is 2.12. The molecule has 0 saturated heterocycles. The SMILES string of the molecule is Cc1nc(-n2ncc3cc(O)ccc3c2=O)n(C)n1. The molecule has 2 aromatic heterocycles. The van der Waals surface area contributed by atoms with Crippen LogP contribution in [0, 0.1) is 6.92 Å². The lowest BCUT2D eigenvalue weighted by Gasteiger charge is -2.04. The van der Waals surface area contributed by atoms with Gasteiger partial charge in [-0.1, -0.05) is 0 Å². The van der Waals surface area contributed by atoms with Gasteiger partial charge in [0.2, 0.25) is 0 Å². The van der Waals surface area contributed by atoms with E-state index in [1.165, 1.54) is 27.7 Å². The van der Waals surface area contributed by atoms with Crippen molar-refractivity contribution in [3.8, 4) is 11.7 Å². The molecular weight excluding hydrogens is 246 g/mol. The number of phenolic OH excluding ortho intramolecular Hbond substituents is 1. The molecule has 0 saturated carbocycles. The second-order valence-electron chi connectivity index (χ2n) is 4.22. The molecule has 0 fully saturated rings. The molecule has 0 amide bonds. The van der Waals surface area contributed by atoms with E-state index < -0.39 is 0 Å². The Morgan fingerprint density at radius 3 is 2.79 bits per heavy atom. The first-order valence-electron chi connectivity index (χ1n) is 5.65. The van der Waals surface area contributed by atoms with Gasteiger partial charge in [0.1, 0.15) is 11.6 Å². The van der Waals surface area contributed by atoms with E-state index in [0.717, 1.165) is 0 Å². The fraction of sp³-hybridized carbons (Fsp3) is 0.167. The summed E-state index contributed by atoms with van der Waals surface area (Å²) in [6.07, 6.45) is 1.51. The van der Waals surface area contributed by atoms with Crippen molar-refractivity contribution in [3.63, 3.8) is 0 Å². The zero-order chi connectivity index (χ0) is 13.6. The highest BCUT2D eigenvalue weighted by molar-refractivity contribution is 5.82. The van der Waals surface area contributed by atoms with Crippen LogP contribution >= 0.6 is 0 Å². The Morgan fingerprint density at radius 2 is 2.11 bits per heavy atom. The van der Waals surface area contributed by atoms with Crippen LogP contribution in [0.15, 0.2) is 29.2 Å². The summed E-state index contributed by atoms with van der Waals surface area (Å²) in [7, 11) is 1.70. The van der Waals surface area contributed by atoms with E-state index in [1.54, 1.807) is 20.0 Å². The van der Waals surface area contributed by atoms with E-state index in [2.05, 4.69) is 15.2 Å². The van der Waals surface area contributed by atoms with Crippen LogP contribution in [0.4, 0.5) is 0 Å². The molecule has 2 heterocycles. The molecule has 3 aromatic rings. The summed E-state index contributed by atoms with van der Waals surface area (Å²) in [6, 6.07) is 4.53. The molecule has 19 heavy (non-hydrogen) atoms. The van der Waals surface area contributed by atoms with E-state index in [9.17, 15) is 9.90 Å². The second-order valence-corrected chi connectivity index (χ2v) is 4.22. The van der Waals surface area contributed by atoms with Crippen molar-refractivity contribution in [2.45, 2.75) is 6.92 Å². The van der Waals surface area contributed by atoms with Crippen LogP contribution < -0.4 is 5.56 Å². The zero-order valence-corrected chi connectivity index (χ0v) is 10.4. The van der Waals surface area contributed by atoms with Crippen molar-refractivity contribution in [3.05, 3.63) is 40.6 Å². The molecule has 0 aliphatic carbocycles. The van der Waals surface area contributed by atoms with Gasteiger partial charge >= 0.3 is 0 Å². The Balaban J connectivity index is 2.32. The van der Waals surface area contributed by atoms with Crippen molar-refractivity contribution in [1.82, 2.24) is 24.5 Å². The maximum absolute atomic E-state index is 12.3. The number of rotatable bonds is 1.